The number of Topliss-reactive ketones (excluding diaryl/α,β-unsaturated/α-hetero) is 1. The molecule has 0 bridgehead atoms. The Bertz CT molecular complexity index is 1520. The first kappa shape index (κ1) is 38.1. The van der Waals surface area contributed by atoms with Crippen molar-refractivity contribution < 1.29 is 32.4 Å². The Morgan fingerprint density at radius 2 is 1.67 bits per heavy atom. The molecule has 2 saturated carbocycles. The summed E-state index contributed by atoms with van der Waals surface area (Å²) in [6, 6.07) is 4.46. The number of hydrogen-bond donors (Lipinski definition) is 4. The quantitative estimate of drug-likeness (QED) is 0.171. The van der Waals surface area contributed by atoms with Crippen molar-refractivity contribution in [1.29, 1.82) is 0 Å². The normalized spacial score (nSPS) is 23.0. The monoisotopic (exact) mass is 699 g/mol. The molecule has 1 unspecified atom stereocenters. The molecule has 2 aliphatic carbocycles. The number of urea groups is 1. The van der Waals surface area contributed by atoms with Gasteiger partial charge in [0.2, 0.25) is 17.6 Å². The maximum absolute atomic E-state index is 14.3. The molecule has 0 aromatic heterocycles. The average molecular weight is 700 g/mol. The molecular formula is C36H53N5O7S. The first-order chi connectivity index (χ1) is 23.0. The summed E-state index contributed by atoms with van der Waals surface area (Å²) in [5, 5.41) is 11.0. The van der Waals surface area contributed by atoms with Gasteiger partial charge >= 0.3 is 6.03 Å². The fraction of sp³-hybridized carbons (Fsp3) is 0.639. The van der Waals surface area contributed by atoms with Crippen molar-refractivity contribution >= 4 is 39.4 Å². The van der Waals surface area contributed by atoms with Crippen molar-refractivity contribution in [3.63, 3.8) is 0 Å². The minimum Gasteiger partial charge on any atom is -0.348 e. The number of nitrogens with one attached hydrogen (secondary N) is 4. The molecule has 5 atom stereocenters. The van der Waals surface area contributed by atoms with Gasteiger partial charge in [-0.15, -0.1) is 6.58 Å². The molecule has 1 aromatic carbocycles. The van der Waals surface area contributed by atoms with Crippen LogP contribution in [0.3, 0.4) is 0 Å². The van der Waals surface area contributed by atoms with Gasteiger partial charge in [-0.2, -0.15) is 0 Å². The lowest BCUT2D eigenvalue weighted by molar-refractivity contribution is -0.144. The molecule has 49 heavy (non-hydrogen) atoms. The van der Waals surface area contributed by atoms with E-state index in [-0.39, 0.29) is 46.9 Å². The number of benzene rings is 1. The van der Waals surface area contributed by atoms with E-state index in [1.807, 2.05) is 20.8 Å². The van der Waals surface area contributed by atoms with Crippen LogP contribution in [0.1, 0.15) is 79.6 Å². The second kappa shape index (κ2) is 15.4. The maximum Gasteiger partial charge on any atom is 0.315 e. The first-order valence-electron chi connectivity index (χ1n) is 17.4. The van der Waals surface area contributed by atoms with Gasteiger partial charge in [0, 0.05) is 18.6 Å². The van der Waals surface area contributed by atoms with Crippen LogP contribution in [0, 0.1) is 23.2 Å². The van der Waals surface area contributed by atoms with E-state index in [1.54, 1.807) is 29.2 Å². The molecule has 5 amide bonds. The SMILES string of the molecule is C=CCCC(NC(=O)[C@@H]1[C@@H]2[C@H](CN1C(=O)[C@@H](NC(=O)NC(C)(C)C)C1CCCCC1)C2(C)C)C(=O)C(=O)NCCS(=O)(=O)c1ccccc1. The summed E-state index contributed by atoms with van der Waals surface area (Å²) >= 11 is 0. The number of ketones is 1. The zero-order chi connectivity index (χ0) is 36.1. The summed E-state index contributed by atoms with van der Waals surface area (Å²) in [6.07, 6.45) is 6.54. The fourth-order valence-corrected chi connectivity index (χ4v) is 8.64. The van der Waals surface area contributed by atoms with Gasteiger partial charge in [0.1, 0.15) is 12.1 Å². The van der Waals surface area contributed by atoms with Gasteiger partial charge in [0.05, 0.1) is 16.7 Å². The van der Waals surface area contributed by atoms with Crippen molar-refractivity contribution in [2.24, 2.45) is 23.2 Å². The number of carbonyl (C=O) groups excluding carboxylic acids is 5. The van der Waals surface area contributed by atoms with Crippen molar-refractivity contribution in [3.05, 3.63) is 43.0 Å². The van der Waals surface area contributed by atoms with Gasteiger partial charge in [0.25, 0.3) is 5.91 Å². The summed E-state index contributed by atoms with van der Waals surface area (Å²) < 4.78 is 25.3. The molecule has 4 rings (SSSR count). The van der Waals surface area contributed by atoms with E-state index in [1.165, 1.54) is 12.1 Å². The number of fused-ring (bicyclic) bond motifs is 1. The number of likely N-dealkylation sites (tertiary alicyclic amines) is 1. The first-order valence-corrected chi connectivity index (χ1v) is 19.0. The van der Waals surface area contributed by atoms with Crippen LogP contribution in [0.4, 0.5) is 4.79 Å². The molecule has 3 aliphatic rings. The van der Waals surface area contributed by atoms with Gasteiger partial charge in [-0.25, -0.2) is 13.2 Å². The molecule has 4 N–H and O–H groups in total. The number of nitrogens with zero attached hydrogens (tertiary/aromatic N) is 1. The second-order valence-electron chi connectivity index (χ2n) is 15.3. The van der Waals surface area contributed by atoms with Crippen LogP contribution >= 0.6 is 0 Å². The molecule has 13 heteroatoms. The maximum atomic E-state index is 14.3. The Balaban J connectivity index is 1.49. The van der Waals surface area contributed by atoms with E-state index in [4.69, 9.17) is 0 Å². The molecule has 12 nitrogen and oxygen atoms in total. The minimum absolute atomic E-state index is 0.0693. The second-order valence-corrected chi connectivity index (χ2v) is 17.4. The number of sulfone groups is 1. The number of rotatable bonds is 14. The molecule has 3 fully saturated rings. The lowest BCUT2D eigenvalue weighted by Crippen LogP contribution is -2.61. The van der Waals surface area contributed by atoms with Crippen molar-refractivity contribution in [1.82, 2.24) is 26.2 Å². The third-order valence-corrected chi connectivity index (χ3v) is 11.9. The summed E-state index contributed by atoms with van der Waals surface area (Å²) in [7, 11) is -3.68. The average Bonchev–Trinajstić information content (AvgIpc) is 3.35. The van der Waals surface area contributed by atoms with E-state index in [0.717, 1.165) is 32.1 Å². The predicted molar refractivity (Wildman–Crippen MR) is 186 cm³/mol. The highest BCUT2D eigenvalue weighted by molar-refractivity contribution is 7.91. The number of amides is 5. The summed E-state index contributed by atoms with van der Waals surface area (Å²) in [6.45, 7) is 13.4. The standard InChI is InChI=1S/C36H53N5O7S/c1-7-8-19-26(30(42)32(44)37-20-21-49(47,48)24-17-13-10-14-18-24)38-31(43)29-27-25(36(27,5)6)22-41(29)33(45)28(23-15-11-9-12-16-23)39-34(46)40-35(2,3)4/h7,10,13-14,17-18,23,25-29H,1,8-9,11-12,15-16,19-22H2,2-6H3,(H,37,44)(H,38,43)(H2,39,40,46)/t25-,26?,27-,28-,29-/m0/s1. The molecule has 1 heterocycles. The Morgan fingerprint density at radius 3 is 2.29 bits per heavy atom. The Kier molecular flexibility index (Phi) is 12.0. The molecule has 1 aliphatic heterocycles. The Morgan fingerprint density at radius 1 is 1.02 bits per heavy atom. The Hall–Kier alpha value is -3.74. The number of carbonyl (C=O) groups is 5. The van der Waals surface area contributed by atoms with Crippen LogP contribution in [0.5, 0.6) is 0 Å². The molecule has 0 radical (unpaired) electrons. The fourth-order valence-electron chi connectivity index (χ4n) is 7.46. The molecule has 1 aromatic rings. The predicted octanol–water partition coefficient (Wildman–Crippen LogP) is 3.13. The van der Waals surface area contributed by atoms with Crippen LogP contribution in [-0.2, 0) is 29.0 Å². The molecule has 270 valence electrons. The van der Waals surface area contributed by atoms with Crippen LogP contribution in [0.15, 0.2) is 47.9 Å². The van der Waals surface area contributed by atoms with E-state index in [9.17, 15) is 32.4 Å². The molecule has 0 spiro atoms. The zero-order valence-electron chi connectivity index (χ0n) is 29.4. The highest BCUT2D eigenvalue weighted by Crippen LogP contribution is 2.65. The van der Waals surface area contributed by atoms with Gasteiger partial charge in [-0.3, -0.25) is 19.2 Å². The summed E-state index contributed by atoms with van der Waals surface area (Å²) in [4.78, 5) is 69.5. The van der Waals surface area contributed by atoms with Crippen molar-refractivity contribution in [2.45, 2.75) is 108 Å². The van der Waals surface area contributed by atoms with Gasteiger partial charge in [-0.1, -0.05) is 57.4 Å². The minimum atomic E-state index is -3.68. The van der Waals surface area contributed by atoms with Crippen LogP contribution in [-0.4, -0.2) is 85.4 Å². The lowest BCUT2D eigenvalue weighted by atomic mass is 9.83. The van der Waals surface area contributed by atoms with Crippen molar-refractivity contribution in [2.75, 3.05) is 18.8 Å². The highest BCUT2D eigenvalue weighted by atomic mass is 32.2. The molecular weight excluding hydrogens is 646 g/mol. The van der Waals surface area contributed by atoms with E-state index in [0.29, 0.717) is 13.0 Å². The topological polar surface area (TPSA) is 171 Å². The number of allylic oxidation sites excluding steroid dienone is 1. The third-order valence-electron chi connectivity index (χ3n) is 10.2. The van der Waals surface area contributed by atoms with Crippen LogP contribution in [0.25, 0.3) is 0 Å². The molecule has 1 saturated heterocycles. The van der Waals surface area contributed by atoms with Gasteiger partial charge < -0.3 is 26.2 Å². The summed E-state index contributed by atoms with van der Waals surface area (Å²) in [5.41, 5.74) is -0.722. The third kappa shape index (κ3) is 9.29. The largest absolute Gasteiger partial charge is 0.348 e. The van der Waals surface area contributed by atoms with E-state index < -0.39 is 62.9 Å². The zero-order valence-corrected chi connectivity index (χ0v) is 30.2. The smallest absolute Gasteiger partial charge is 0.315 e. The number of hydrogen-bond acceptors (Lipinski definition) is 7. The Labute approximate surface area is 290 Å². The van der Waals surface area contributed by atoms with Crippen LogP contribution < -0.4 is 21.3 Å². The van der Waals surface area contributed by atoms with Crippen molar-refractivity contribution in [3.8, 4) is 0 Å². The van der Waals surface area contributed by atoms with Crippen LogP contribution in [0.2, 0.25) is 0 Å². The van der Waals surface area contributed by atoms with E-state index >= 15 is 0 Å². The highest BCUT2D eigenvalue weighted by Gasteiger charge is 2.69. The summed E-state index contributed by atoms with van der Waals surface area (Å²) in [5.74, 6) is -3.32. The lowest BCUT2D eigenvalue weighted by Gasteiger charge is -2.37. The van der Waals surface area contributed by atoms with Gasteiger partial charge in [-0.05, 0) is 81.8 Å². The van der Waals surface area contributed by atoms with Gasteiger partial charge in [0.15, 0.2) is 9.84 Å². The van der Waals surface area contributed by atoms with E-state index in [2.05, 4.69) is 41.7 Å². The number of piperidine rings is 1.